The van der Waals surface area contributed by atoms with Crippen molar-refractivity contribution in [2.45, 2.75) is 26.4 Å². The van der Waals surface area contributed by atoms with E-state index in [0.29, 0.717) is 5.56 Å². The van der Waals surface area contributed by atoms with Gasteiger partial charge < -0.3 is 4.74 Å². The molecule has 0 spiro atoms. The third-order valence-corrected chi connectivity index (χ3v) is 1.35. The van der Waals surface area contributed by atoms with Crippen LogP contribution >= 0.6 is 0 Å². The highest BCUT2D eigenvalue weighted by Crippen LogP contribution is 2.11. The molecule has 0 aliphatic carbocycles. The largest absolute Gasteiger partial charge is 0.456 e. The molecule has 1 rings (SSSR count). The van der Waals surface area contributed by atoms with Crippen molar-refractivity contribution in [3.05, 3.63) is 35.9 Å². The Labute approximate surface area is 78.5 Å². The lowest BCUT2D eigenvalue weighted by atomic mass is 10.2. The first-order valence-corrected chi connectivity index (χ1v) is 4.18. The smallest absolute Gasteiger partial charge is 0.338 e. The Morgan fingerprint density at radius 3 is 2.31 bits per heavy atom. The van der Waals surface area contributed by atoms with Gasteiger partial charge in [-0.2, -0.15) is 0 Å². The van der Waals surface area contributed by atoms with Crippen molar-refractivity contribution >= 4 is 5.97 Å². The number of esters is 1. The summed E-state index contributed by atoms with van der Waals surface area (Å²) in [5.41, 5.74) is 0.130. The number of hydrogen-bond donors (Lipinski definition) is 0. The number of rotatable bonds is 1. The van der Waals surface area contributed by atoms with E-state index in [0.717, 1.165) is 0 Å². The molecule has 0 heterocycles. The van der Waals surface area contributed by atoms with Gasteiger partial charge in [0.1, 0.15) is 5.60 Å². The predicted molar refractivity (Wildman–Crippen MR) is 50.4 cm³/mol. The summed E-state index contributed by atoms with van der Waals surface area (Å²) in [6.45, 7) is 5.54. The molecular formula is C11H13O2. The van der Waals surface area contributed by atoms with Crippen molar-refractivity contribution in [2.24, 2.45) is 0 Å². The van der Waals surface area contributed by atoms with E-state index >= 15 is 0 Å². The molecule has 0 fully saturated rings. The molecule has 0 amide bonds. The molecule has 0 aliphatic heterocycles. The fraction of sp³-hybridized carbons (Fsp3) is 0.364. The van der Waals surface area contributed by atoms with Gasteiger partial charge in [0.05, 0.1) is 5.56 Å². The predicted octanol–water partition coefficient (Wildman–Crippen LogP) is 2.44. The molecule has 0 saturated heterocycles. The molecule has 2 nitrogen and oxygen atoms in total. The maximum absolute atomic E-state index is 11.4. The van der Waals surface area contributed by atoms with Crippen LogP contribution in [0.25, 0.3) is 0 Å². The molecule has 69 valence electrons. The SMILES string of the molecule is CC(C)(C)OC(=O)c1cc[c]cc1. The summed E-state index contributed by atoms with van der Waals surface area (Å²) in [5, 5.41) is 0. The second-order valence-electron chi connectivity index (χ2n) is 3.79. The van der Waals surface area contributed by atoms with Crippen LogP contribution in [-0.4, -0.2) is 11.6 Å². The van der Waals surface area contributed by atoms with Crippen LogP contribution in [0.3, 0.4) is 0 Å². The van der Waals surface area contributed by atoms with E-state index in [1.165, 1.54) is 0 Å². The average molecular weight is 177 g/mol. The van der Waals surface area contributed by atoms with Crippen molar-refractivity contribution < 1.29 is 9.53 Å². The van der Waals surface area contributed by atoms with Gasteiger partial charge in [-0.25, -0.2) is 4.79 Å². The third-order valence-electron chi connectivity index (χ3n) is 1.35. The van der Waals surface area contributed by atoms with Gasteiger partial charge in [-0.05, 0) is 39.0 Å². The van der Waals surface area contributed by atoms with E-state index in [4.69, 9.17) is 4.74 Å². The molecule has 0 bridgehead atoms. The van der Waals surface area contributed by atoms with Crippen molar-refractivity contribution in [3.63, 3.8) is 0 Å². The highest BCUT2D eigenvalue weighted by Gasteiger charge is 2.16. The summed E-state index contributed by atoms with van der Waals surface area (Å²) in [7, 11) is 0. The molecule has 13 heavy (non-hydrogen) atoms. The lowest BCUT2D eigenvalue weighted by molar-refractivity contribution is 0.00695. The standard InChI is InChI=1S/C11H13O2/c1-11(2,3)13-10(12)9-7-5-4-6-8-9/h5-8H,1-3H3. The summed E-state index contributed by atoms with van der Waals surface area (Å²) in [6, 6.07) is 9.61. The summed E-state index contributed by atoms with van der Waals surface area (Å²) in [6.07, 6.45) is 0. The highest BCUT2D eigenvalue weighted by atomic mass is 16.6. The Bertz CT molecular complexity index is 283. The second kappa shape index (κ2) is 3.60. The summed E-state index contributed by atoms with van der Waals surface area (Å²) >= 11 is 0. The number of benzene rings is 1. The van der Waals surface area contributed by atoms with Gasteiger partial charge >= 0.3 is 5.97 Å². The maximum Gasteiger partial charge on any atom is 0.338 e. The van der Waals surface area contributed by atoms with Gasteiger partial charge in [-0.1, -0.05) is 12.1 Å². The Morgan fingerprint density at radius 2 is 1.85 bits per heavy atom. The number of carbonyl (C=O) groups excluding carboxylic acids is 1. The molecular weight excluding hydrogens is 164 g/mol. The van der Waals surface area contributed by atoms with Crippen LogP contribution in [0.4, 0.5) is 0 Å². The average Bonchev–Trinajstić information content (AvgIpc) is 2.03. The van der Waals surface area contributed by atoms with Crippen molar-refractivity contribution in [1.82, 2.24) is 0 Å². The lowest BCUT2D eigenvalue weighted by Gasteiger charge is -2.19. The van der Waals surface area contributed by atoms with E-state index in [-0.39, 0.29) is 5.97 Å². The minimum absolute atomic E-state index is 0.290. The highest BCUT2D eigenvalue weighted by molar-refractivity contribution is 5.89. The van der Waals surface area contributed by atoms with Crippen molar-refractivity contribution in [3.8, 4) is 0 Å². The lowest BCUT2D eigenvalue weighted by Crippen LogP contribution is -2.23. The number of carbonyl (C=O) groups is 1. The zero-order valence-electron chi connectivity index (χ0n) is 8.13. The number of ether oxygens (including phenoxy) is 1. The van der Waals surface area contributed by atoms with E-state index in [9.17, 15) is 4.79 Å². The summed E-state index contributed by atoms with van der Waals surface area (Å²) < 4.78 is 5.17. The van der Waals surface area contributed by atoms with Gasteiger partial charge in [-0.3, -0.25) is 0 Å². The van der Waals surface area contributed by atoms with Crippen LogP contribution in [-0.2, 0) is 4.74 Å². The molecule has 1 radical (unpaired) electrons. The van der Waals surface area contributed by atoms with E-state index in [2.05, 4.69) is 6.07 Å². The molecule has 0 saturated carbocycles. The van der Waals surface area contributed by atoms with Gasteiger partial charge in [0.25, 0.3) is 0 Å². The van der Waals surface area contributed by atoms with E-state index < -0.39 is 5.60 Å². The summed E-state index contributed by atoms with van der Waals surface area (Å²) in [4.78, 5) is 11.4. The molecule has 1 aromatic rings. The Kier molecular flexibility index (Phi) is 2.71. The first kappa shape index (κ1) is 9.78. The molecule has 1 aromatic carbocycles. The van der Waals surface area contributed by atoms with Crippen molar-refractivity contribution in [1.29, 1.82) is 0 Å². The van der Waals surface area contributed by atoms with E-state index in [1.807, 2.05) is 20.8 Å². The van der Waals surface area contributed by atoms with Crippen LogP contribution in [0.15, 0.2) is 24.3 Å². The molecule has 0 aliphatic rings. The monoisotopic (exact) mass is 177 g/mol. The minimum Gasteiger partial charge on any atom is -0.456 e. The van der Waals surface area contributed by atoms with Crippen molar-refractivity contribution in [2.75, 3.05) is 0 Å². The summed E-state index contributed by atoms with van der Waals surface area (Å²) in [5.74, 6) is -0.290. The quantitative estimate of drug-likeness (QED) is 0.616. The Hall–Kier alpha value is -1.31. The Morgan fingerprint density at radius 1 is 1.31 bits per heavy atom. The first-order chi connectivity index (χ1) is 5.99. The normalized spacial score (nSPS) is 11.0. The van der Waals surface area contributed by atoms with Crippen LogP contribution in [0.5, 0.6) is 0 Å². The van der Waals surface area contributed by atoms with Gasteiger partial charge in [-0.15, -0.1) is 0 Å². The van der Waals surface area contributed by atoms with Gasteiger partial charge in [0, 0.05) is 0 Å². The van der Waals surface area contributed by atoms with Gasteiger partial charge in [0.2, 0.25) is 0 Å². The zero-order chi connectivity index (χ0) is 9.90. The second-order valence-corrected chi connectivity index (χ2v) is 3.79. The first-order valence-electron chi connectivity index (χ1n) is 4.18. The van der Waals surface area contributed by atoms with Gasteiger partial charge in [0.15, 0.2) is 0 Å². The zero-order valence-corrected chi connectivity index (χ0v) is 8.13. The van der Waals surface area contributed by atoms with E-state index in [1.54, 1.807) is 24.3 Å². The fourth-order valence-corrected chi connectivity index (χ4v) is 0.860. The fourth-order valence-electron chi connectivity index (χ4n) is 0.860. The maximum atomic E-state index is 11.4. The molecule has 0 aromatic heterocycles. The molecule has 0 unspecified atom stereocenters. The minimum atomic E-state index is -0.434. The van der Waals surface area contributed by atoms with Crippen LogP contribution in [0.2, 0.25) is 0 Å². The molecule has 2 heteroatoms. The van der Waals surface area contributed by atoms with Crippen LogP contribution in [0, 0.1) is 6.07 Å². The topological polar surface area (TPSA) is 26.3 Å². The van der Waals surface area contributed by atoms with Crippen LogP contribution < -0.4 is 0 Å². The van der Waals surface area contributed by atoms with Crippen LogP contribution in [0.1, 0.15) is 31.1 Å². The molecule has 0 N–H and O–H groups in total. The third kappa shape index (κ3) is 3.28. The molecule has 0 atom stereocenters. The number of hydrogen-bond acceptors (Lipinski definition) is 2. The Balaban J connectivity index is 2.71.